The molecule has 0 radical (unpaired) electrons. The second kappa shape index (κ2) is 15.1. The van der Waals surface area contributed by atoms with Crippen LogP contribution in [0.25, 0.3) is 18.2 Å². The molecule has 0 saturated carbocycles. The molecular weight excluding hydrogens is 564 g/mol. The Labute approximate surface area is 264 Å². The minimum absolute atomic E-state index is 0.00474. The van der Waals surface area contributed by atoms with Gasteiger partial charge in [0, 0.05) is 24.4 Å². The SMILES string of the molecule is CCN(CCCCOC(=O)c1ccccc1)c1ccc(/C=C/c2ccc(/C=C/C3=C(C#N)C(=C(C#N)C#N)OC3(C)C)o2)cc1. The summed E-state index contributed by atoms with van der Waals surface area (Å²) in [5, 5.41) is 28.2. The van der Waals surface area contributed by atoms with E-state index in [4.69, 9.17) is 13.9 Å². The predicted molar refractivity (Wildman–Crippen MR) is 173 cm³/mol. The standard InChI is InChI=1S/C37H34N4O4/c1-4-41(22-8-9-23-43-36(42)28-10-6-5-7-11-28)30-15-12-27(13-16-30)14-17-31-18-19-32(44-31)20-21-34-33(26-40)35(29(24-38)25-39)45-37(34,2)3/h5-7,10-21H,4,8-9,22-23H2,1-3H3/b17-14+,21-20+. The van der Waals surface area contributed by atoms with Crippen LogP contribution >= 0.6 is 0 Å². The summed E-state index contributed by atoms with van der Waals surface area (Å²) in [6.45, 7) is 7.80. The molecule has 0 N–H and O–H groups in total. The van der Waals surface area contributed by atoms with Crippen LogP contribution in [0.5, 0.6) is 0 Å². The van der Waals surface area contributed by atoms with Gasteiger partial charge in [-0.1, -0.05) is 36.4 Å². The molecule has 0 amide bonds. The van der Waals surface area contributed by atoms with E-state index in [2.05, 4.69) is 42.2 Å². The van der Waals surface area contributed by atoms with E-state index in [1.165, 1.54) is 0 Å². The Balaban J connectivity index is 1.32. The summed E-state index contributed by atoms with van der Waals surface area (Å²) >= 11 is 0. The fourth-order valence-electron chi connectivity index (χ4n) is 4.87. The third kappa shape index (κ3) is 8.20. The van der Waals surface area contributed by atoms with Gasteiger partial charge in [0.15, 0.2) is 11.3 Å². The monoisotopic (exact) mass is 598 g/mol. The smallest absolute Gasteiger partial charge is 0.338 e. The number of unbranched alkanes of at least 4 members (excludes halogenated alkanes) is 1. The Morgan fingerprint density at radius 2 is 1.56 bits per heavy atom. The number of allylic oxidation sites excluding steroid dienone is 2. The lowest BCUT2D eigenvalue weighted by molar-refractivity contribution is 0.0499. The quantitative estimate of drug-likeness (QED) is 0.117. The summed E-state index contributed by atoms with van der Waals surface area (Å²) in [6, 6.07) is 26.6. The highest BCUT2D eigenvalue weighted by Crippen LogP contribution is 2.40. The van der Waals surface area contributed by atoms with Crippen molar-refractivity contribution >= 4 is 29.9 Å². The van der Waals surface area contributed by atoms with Crippen LogP contribution in [0.3, 0.4) is 0 Å². The molecule has 0 atom stereocenters. The molecule has 3 aromatic rings. The topological polar surface area (TPSA) is 123 Å². The van der Waals surface area contributed by atoms with Crippen molar-refractivity contribution in [3.8, 4) is 18.2 Å². The largest absolute Gasteiger partial charge is 0.480 e. The molecule has 0 saturated heterocycles. The third-order valence-electron chi connectivity index (χ3n) is 7.27. The van der Waals surface area contributed by atoms with Crippen LogP contribution in [0.1, 0.15) is 61.1 Å². The number of carbonyl (C=O) groups excluding carboxylic acids is 1. The summed E-state index contributed by atoms with van der Waals surface area (Å²) in [7, 11) is 0. The van der Waals surface area contributed by atoms with Crippen LogP contribution in [0.2, 0.25) is 0 Å². The third-order valence-corrected chi connectivity index (χ3v) is 7.27. The molecule has 0 aliphatic carbocycles. The van der Waals surface area contributed by atoms with Gasteiger partial charge in [0.05, 0.1) is 12.2 Å². The molecule has 0 spiro atoms. The van der Waals surface area contributed by atoms with Crippen molar-refractivity contribution in [2.75, 3.05) is 24.6 Å². The number of carbonyl (C=O) groups is 1. The first-order valence-electron chi connectivity index (χ1n) is 14.7. The zero-order chi connectivity index (χ0) is 32.2. The van der Waals surface area contributed by atoms with Crippen LogP contribution in [-0.2, 0) is 9.47 Å². The number of hydrogen-bond acceptors (Lipinski definition) is 8. The van der Waals surface area contributed by atoms with Crippen molar-refractivity contribution in [2.24, 2.45) is 0 Å². The highest BCUT2D eigenvalue weighted by Gasteiger charge is 2.38. The second-order valence-electron chi connectivity index (χ2n) is 10.7. The molecule has 2 heterocycles. The minimum atomic E-state index is -0.887. The molecule has 1 aromatic heterocycles. The number of furan rings is 1. The number of anilines is 1. The number of esters is 1. The van der Waals surface area contributed by atoms with E-state index < -0.39 is 5.60 Å². The fraction of sp³-hybridized carbons (Fsp3) is 0.243. The van der Waals surface area contributed by atoms with E-state index in [0.29, 0.717) is 29.3 Å². The zero-order valence-electron chi connectivity index (χ0n) is 25.6. The van der Waals surface area contributed by atoms with Crippen molar-refractivity contribution < 1.29 is 18.7 Å². The highest BCUT2D eigenvalue weighted by molar-refractivity contribution is 5.89. The number of nitrogens with zero attached hydrogens (tertiary/aromatic N) is 4. The summed E-state index contributed by atoms with van der Waals surface area (Å²) in [4.78, 5) is 14.4. The van der Waals surface area contributed by atoms with Gasteiger partial charge >= 0.3 is 5.97 Å². The first-order valence-corrected chi connectivity index (χ1v) is 14.7. The Kier molecular flexibility index (Phi) is 10.8. The molecular formula is C37H34N4O4. The molecule has 1 aliphatic heterocycles. The lowest BCUT2D eigenvalue weighted by atomic mass is 9.94. The molecule has 8 nitrogen and oxygen atoms in total. The van der Waals surface area contributed by atoms with Crippen molar-refractivity contribution in [1.82, 2.24) is 0 Å². The van der Waals surface area contributed by atoms with Crippen LogP contribution in [0, 0.1) is 34.0 Å². The van der Waals surface area contributed by atoms with Crippen molar-refractivity contribution in [3.05, 3.63) is 118 Å². The van der Waals surface area contributed by atoms with Crippen LogP contribution < -0.4 is 4.90 Å². The fourth-order valence-corrected chi connectivity index (χ4v) is 4.87. The average molecular weight is 599 g/mol. The maximum Gasteiger partial charge on any atom is 0.338 e. The summed E-state index contributed by atoms with van der Waals surface area (Å²) in [5.41, 5.74) is 2.32. The molecule has 0 unspecified atom stereocenters. The molecule has 0 bridgehead atoms. The Morgan fingerprint density at radius 1 is 0.889 bits per heavy atom. The summed E-state index contributed by atoms with van der Waals surface area (Å²) < 4.78 is 17.1. The molecule has 226 valence electrons. The van der Waals surface area contributed by atoms with Crippen molar-refractivity contribution in [3.63, 3.8) is 0 Å². The Hall–Kier alpha value is -5.78. The van der Waals surface area contributed by atoms with Gasteiger partial charge in [0.2, 0.25) is 0 Å². The van der Waals surface area contributed by atoms with Crippen molar-refractivity contribution in [1.29, 1.82) is 15.8 Å². The maximum atomic E-state index is 12.1. The summed E-state index contributed by atoms with van der Waals surface area (Å²) in [5.74, 6) is 0.960. The maximum absolute atomic E-state index is 12.1. The first kappa shape index (κ1) is 32.1. The molecule has 8 heteroatoms. The average Bonchev–Trinajstić information content (AvgIpc) is 3.62. The Bertz CT molecular complexity index is 1740. The molecule has 1 aliphatic rings. The van der Waals surface area contributed by atoms with E-state index in [1.807, 2.05) is 42.5 Å². The number of rotatable bonds is 12. The normalized spacial score (nSPS) is 13.7. The van der Waals surface area contributed by atoms with E-state index in [1.54, 1.807) is 50.3 Å². The highest BCUT2D eigenvalue weighted by atomic mass is 16.5. The number of ether oxygens (including phenoxy) is 2. The van der Waals surface area contributed by atoms with E-state index >= 15 is 0 Å². The van der Waals surface area contributed by atoms with Gasteiger partial charge in [-0.15, -0.1) is 0 Å². The van der Waals surface area contributed by atoms with Gasteiger partial charge in [-0.3, -0.25) is 0 Å². The predicted octanol–water partition coefficient (Wildman–Crippen LogP) is 7.86. The van der Waals surface area contributed by atoms with Gasteiger partial charge in [0.1, 0.15) is 40.9 Å². The minimum Gasteiger partial charge on any atom is -0.480 e. The number of hydrogen-bond donors (Lipinski definition) is 0. The van der Waals surface area contributed by atoms with Crippen LogP contribution in [0.4, 0.5) is 5.69 Å². The lowest BCUT2D eigenvalue weighted by Crippen LogP contribution is -2.24. The van der Waals surface area contributed by atoms with Gasteiger partial charge in [-0.25, -0.2) is 4.79 Å². The first-order chi connectivity index (χ1) is 21.8. The Morgan fingerprint density at radius 3 is 2.18 bits per heavy atom. The molecule has 0 fully saturated rings. The van der Waals surface area contributed by atoms with Gasteiger partial charge in [-0.05, 0) is 93.8 Å². The number of benzene rings is 2. The van der Waals surface area contributed by atoms with Crippen LogP contribution in [0.15, 0.2) is 99.7 Å². The summed E-state index contributed by atoms with van der Waals surface area (Å²) in [6.07, 6.45) is 9.01. The van der Waals surface area contributed by atoms with Gasteiger partial charge in [-0.2, -0.15) is 15.8 Å². The van der Waals surface area contributed by atoms with Gasteiger partial charge < -0.3 is 18.8 Å². The number of nitriles is 3. The van der Waals surface area contributed by atoms with E-state index in [9.17, 15) is 20.6 Å². The zero-order valence-corrected chi connectivity index (χ0v) is 25.6. The van der Waals surface area contributed by atoms with Crippen LogP contribution in [-0.4, -0.2) is 31.3 Å². The molecule has 2 aromatic carbocycles. The van der Waals surface area contributed by atoms with Crippen molar-refractivity contribution in [2.45, 2.75) is 39.2 Å². The van der Waals surface area contributed by atoms with E-state index in [-0.39, 0.29) is 22.9 Å². The van der Waals surface area contributed by atoms with Gasteiger partial charge in [0.25, 0.3) is 0 Å². The lowest BCUT2D eigenvalue weighted by Gasteiger charge is -2.23. The molecule has 45 heavy (non-hydrogen) atoms. The second-order valence-corrected chi connectivity index (χ2v) is 10.7. The molecule has 4 rings (SSSR count). The van der Waals surface area contributed by atoms with E-state index in [0.717, 1.165) is 37.2 Å².